The Balaban J connectivity index is 1.42. The Morgan fingerprint density at radius 1 is 0.947 bits per heavy atom. The molecule has 0 radical (unpaired) electrons. The molecule has 19 heavy (non-hydrogen) atoms. The third kappa shape index (κ3) is 3.30. The first kappa shape index (κ1) is 13.8. The average molecular weight is 266 g/mol. The lowest BCUT2D eigenvalue weighted by Gasteiger charge is -2.33. The largest absolute Gasteiger partial charge is 0.327 e. The molecule has 2 heterocycles. The minimum Gasteiger partial charge on any atom is -0.327 e. The highest BCUT2D eigenvalue weighted by Gasteiger charge is 2.38. The lowest BCUT2D eigenvalue weighted by atomic mass is 9.78. The molecule has 3 unspecified atom stereocenters. The zero-order valence-electron chi connectivity index (χ0n) is 12.4. The summed E-state index contributed by atoms with van der Waals surface area (Å²) < 4.78 is 0. The first-order chi connectivity index (χ1) is 9.22. The Morgan fingerprint density at radius 2 is 1.68 bits per heavy atom. The molecular weight excluding hydrogens is 236 g/mol. The van der Waals surface area contributed by atoms with Crippen molar-refractivity contribution < 1.29 is 0 Å². The van der Waals surface area contributed by atoms with E-state index in [-0.39, 0.29) is 0 Å². The first-order valence-electron chi connectivity index (χ1n) is 8.11. The van der Waals surface area contributed by atoms with E-state index >= 15 is 0 Å². The fraction of sp³-hybridized carbons (Fsp3) is 1.00. The monoisotopic (exact) mass is 266 g/mol. The predicted octanol–water partition coefficient (Wildman–Crippen LogP) is 0.293. The van der Waals surface area contributed by atoms with Crippen molar-refractivity contribution in [2.45, 2.75) is 25.3 Å². The van der Waals surface area contributed by atoms with E-state index in [1.165, 1.54) is 71.6 Å². The molecule has 0 aromatic heterocycles. The summed E-state index contributed by atoms with van der Waals surface area (Å²) in [5, 5.41) is 0. The number of hydrogen-bond donors (Lipinski definition) is 1. The summed E-state index contributed by atoms with van der Waals surface area (Å²) in [6.07, 6.45) is 4.03. The maximum atomic E-state index is 6.29. The van der Waals surface area contributed by atoms with Crippen LogP contribution in [0.1, 0.15) is 19.3 Å². The molecule has 0 spiro atoms. The Kier molecular flexibility index (Phi) is 4.42. The maximum absolute atomic E-state index is 6.29. The maximum Gasteiger partial charge on any atom is 0.0110 e. The van der Waals surface area contributed by atoms with Gasteiger partial charge >= 0.3 is 0 Å². The summed E-state index contributed by atoms with van der Waals surface area (Å²) in [6.45, 7) is 10.0. The highest BCUT2D eigenvalue weighted by molar-refractivity contribution is 4.93. The highest BCUT2D eigenvalue weighted by Crippen LogP contribution is 2.35. The molecule has 3 atom stereocenters. The Bertz CT molecular complexity index is 288. The quantitative estimate of drug-likeness (QED) is 0.797. The number of piperazine rings is 1. The van der Waals surface area contributed by atoms with Crippen LogP contribution in [0.15, 0.2) is 0 Å². The smallest absolute Gasteiger partial charge is 0.0110 e. The third-order valence-electron chi connectivity index (χ3n) is 5.56. The molecule has 2 aliphatic heterocycles. The number of likely N-dealkylation sites (N-methyl/N-ethyl adjacent to an activating group) is 1. The van der Waals surface area contributed by atoms with E-state index < -0.39 is 0 Å². The van der Waals surface area contributed by atoms with Gasteiger partial charge in [0.1, 0.15) is 0 Å². The van der Waals surface area contributed by atoms with Crippen LogP contribution in [0.3, 0.4) is 0 Å². The van der Waals surface area contributed by atoms with Gasteiger partial charge in [-0.1, -0.05) is 6.42 Å². The standard InChI is InChI=1S/C15H30N4/c1-17-5-7-18(8-6-17)9-10-19-11-13-3-2-4-15(16)14(13)12-19/h13-15H,2-12,16H2,1H3. The summed E-state index contributed by atoms with van der Waals surface area (Å²) in [5.74, 6) is 1.69. The molecule has 4 nitrogen and oxygen atoms in total. The Hall–Kier alpha value is -0.160. The Morgan fingerprint density at radius 3 is 2.42 bits per heavy atom. The second kappa shape index (κ2) is 6.08. The zero-order chi connectivity index (χ0) is 13.2. The fourth-order valence-corrected chi connectivity index (χ4v) is 4.15. The minimum atomic E-state index is 0.479. The SMILES string of the molecule is CN1CCN(CCN2CC3CCCC(N)C3C2)CC1. The summed E-state index contributed by atoms with van der Waals surface area (Å²) >= 11 is 0. The molecular formula is C15H30N4. The molecule has 0 amide bonds. The van der Waals surface area contributed by atoms with Gasteiger partial charge in [-0.25, -0.2) is 0 Å². The van der Waals surface area contributed by atoms with Crippen LogP contribution in [-0.2, 0) is 0 Å². The van der Waals surface area contributed by atoms with E-state index in [0.29, 0.717) is 6.04 Å². The molecule has 3 rings (SSSR count). The molecule has 4 heteroatoms. The molecule has 0 bridgehead atoms. The van der Waals surface area contributed by atoms with Crippen molar-refractivity contribution in [1.82, 2.24) is 14.7 Å². The molecule has 110 valence electrons. The van der Waals surface area contributed by atoms with Gasteiger partial charge in [0.05, 0.1) is 0 Å². The van der Waals surface area contributed by atoms with Crippen LogP contribution in [0, 0.1) is 11.8 Å². The normalized spacial score (nSPS) is 38.5. The van der Waals surface area contributed by atoms with Crippen molar-refractivity contribution in [2.24, 2.45) is 17.6 Å². The molecule has 2 N–H and O–H groups in total. The number of likely N-dealkylation sites (tertiary alicyclic amines) is 1. The van der Waals surface area contributed by atoms with Gasteiger partial charge in [-0.05, 0) is 31.7 Å². The predicted molar refractivity (Wildman–Crippen MR) is 79.2 cm³/mol. The fourth-order valence-electron chi connectivity index (χ4n) is 4.15. The first-order valence-corrected chi connectivity index (χ1v) is 8.11. The number of fused-ring (bicyclic) bond motifs is 1. The van der Waals surface area contributed by atoms with Gasteiger partial charge in [0, 0.05) is 58.4 Å². The van der Waals surface area contributed by atoms with Gasteiger partial charge < -0.3 is 15.5 Å². The van der Waals surface area contributed by atoms with E-state index in [2.05, 4.69) is 21.7 Å². The summed E-state index contributed by atoms with van der Waals surface area (Å²) in [6, 6.07) is 0.479. The van der Waals surface area contributed by atoms with Gasteiger partial charge in [0.15, 0.2) is 0 Å². The van der Waals surface area contributed by atoms with Gasteiger partial charge in [0.2, 0.25) is 0 Å². The number of rotatable bonds is 3. The van der Waals surface area contributed by atoms with Gasteiger partial charge in [0.25, 0.3) is 0 Å². The van der Waals surface area contributed by atoms with Crippen molar-refractivity contribution in [3.8, 4) is 0 Å². The molecule has 0 aromatic carbocycles. The molecule has 2 saturated heterocycles. The Labute approximate surface area is 117 Å². The van der Waals surface area contributed by atoms with Gasteiger partial charge in [-0.2, -0.15) is 0 Å². The topological polar surface area (TPSA) is 35.7 Å². The van der Waals surface area contributed by atoms with E-state index in [4.69, 9.17) is 5.73 Å². The van der Waals surface area contributed by atoms with Crippen LogP contribution in [-0.4, -0.2) is 80.1 Å². The average Bonchev–Trinajstić information content (AvgIpc) is 2.83. The van der Waals surface area contributed by atoms with E-state index in [9.17, 15) is 0 Å². The van der Waals surface area contributed by atoms with Crippen molar-refractivity contribution in [2.75, 3.05) is 59.4 Å². The molecule has 1 saturated carbocycles. The highest BCUT2D eigenvalue weighted by atomic mass is 15.3. The lowest BCUT2D eigenvalue weighted by Crippen LogP contribution is -2.46. The van der Waals surface area contributed by atoms with Crippen LogP contribution in [0.2, 0.25) is 0 Å². The van der Waals surface area contributed by atoms with Crippen molar-refractivity contribution >= 4 is 0 Å². The number of hydrogen-bond acceptors (Lipinski definition) is 4. The number of nitrogens with two attached hydrogens (primary N) is 1. The van der Waals surface area contributed by atoms with Crippen LogP contribution in [0.4, 0.5) is 0 Å². The van der Waals surface area contributed by atoms with Crippen molar-refractivity contribution in [3.63, 3.8) is 0 Å². The van der Waals surface area contributed by atoms with E-state index in [1.807, 2.05) is 0 Å². The third-order valence-corrected chi connectivity index (χ3v) is 5.56. The van der Waals surface area contributed by atoms with Crippen LogP contribution >= 0.6 is 0 Å². The molecule has 1 aliphatic carbocycles. The lowest BCUT2D eigenvalue weighted by molar-refractivity contribution is 0.139. The second-order valence-electron chi connectivity index (χ2n) is 6.92. The van der Waals surface area contributed by atoms with Crippen molar-refractivity contribution in [1.29, 1.82) is 0 Å². The van der Waals surface area contributed by atoms with Crippen molar-refractivity contribution in [3.05, 3.63) is 0 Å². The number of nitrogens with zero attached hydrogens (tertiary/aromatic N) is 3. The van der Waals surface area contributed by atoms with E-state index in [0.717, 1.165) is 11.8 Å². The van der Waals surface area contributed by atoms with Crippen LogP contribution < -0.4 is 5.73 Å². The second-order valence-corrected chi connectivity index (χ2v) is 6.92. The summed E-state index contributed by atoms with van der Waals surface area (Å²) in [5.41, 5.74) is 6.29. The van der Waals surface area contributed by atoms with Gasteiger partial charge in [-0.3, -0.25) is 4.90 Å². The molecule has 3 fully saturated rings. The molecule has 3 aliphatic rings. The van der Waals surface area contributed by atoms with Gasteiger partial charge in [-0.15, -0.1) is 0 Å². The molecule has 0 aromatic rings. The van der Waals surface area contributed by atoms with Crippen LogP contribution in [0.5, 0.6) is 0 Å². The van der Waals surface area contributed by atoms with E-state index in [1.54, 1.807) is 0 Å². The zero-order valence-corrected chi connectivity index (χ0v) is 12.4. The van der Waals surface area contributed by atoms with Crippen LogP contribution in [0.25, 0.3) is 0 Å². The summed E-state index contributed by atoms with van der Waals surface area (Å²) in [4.78, 5) is 7.74. The summed E-state index contributed by atoms with van der Waals surface area (Å²) in [7, 11) is 2.23. The minimum absolute atomic E-state index is 0.479.